The first kappa shape index (κ1) is 21.9. The Hall–Kier alpha value is -3.39. The summed E-state index contributed by atoms with van der Waals surface area (Å²) in [5, 5.41) is 6.91. The van der Waals surface area contributed by atoms with Crippen LogP contribution in [0, 0.1) is 0 Å². The first-order chi connectivity index (χ1) is 14.0. The molecule has 0 aliphatic carbocycles. The minimum Gasteiger partial charge on any atom is -0.482 e. The number of carbonyl (C=O) groups excluding carboxylic acids is 3. The summed E-state index contributed by atoms with van der Waals surface area (Å²) in [6.07, 6.45) is 1.38. The Balaban J connectivity index is 1.75. The summed E-state index contributed by atoms with van der Waals surface area (Å²) in [6, 6.07) is 13.6. The third-order valence-corrected chi connectivity index (χ3v) is 3.90. The minimum absolute atomic E-state index is 0.0105. The van der Waals surface area contributed by atoms with Gasteiger partial charge in [-0.2, -0.15) is 5.10 Å². The lowest BCUT2D eigenvalue weighted by Gasteiger charge is -2.06. The van der Waals surface area contributed by atoms with Gasteiger partial charge >= 0.3 is 5.97 Å². The largest absolute Gasteiger partial charge is 0.482 e. The molecule has 0 saturated carbocycles. The van der Waals surface area contributed by atoms with Gasteiger partial charge < -0.3 is 14.8 Å². The lowest BCUT2D eigenvalue weighted by Crippen LogP contribution is -2.20. The van der Waals surface area contributed by atoms with Crippen molar-refractivity contribution in [1.82, 2.24) is 5.43 Å². The van der Waals surface area contributed by atoms with Gasteiger partial charge in [0.15, 0.2) is 6.61 Å². The molecule has 0 saturated heterocycles. The van der Waals surface area contributed by atoms with Crippen LogP contribution in [0.4, 0.5) is 5.69 Å². The molecule has 0 heterocycles. The lowest BCUT2D eigenvalue weighted by atomic mass is 10.2. The predicted octanol–water partition coefficient (Wildman–Crippen LogP) is 2.76. The number of benzene rings is 2. The molecule has 0 fully saturated rings. The summed E-state index contributed by atoms with van der Waals surface area (Å²) in [5.41, 5.74) is 3.50. The number of ether oxygens (including phenoxy) is 2. The topological polar surface area (TPSA) is 106 Å². The second-order valence-corrected chi connectivity index (χ2v) is 6.17. The maximum Gasteiger partial charge on any atom is 0.343 e. The van der Waals surface area contributed by atoms with Gasteiger partial charge in [0.25, 0.3) is 0 Å². The number of hydrogen-bond acceptors (Lipinski definition) is 6. The number of halogens is 1. The van der Waals surface area contributed by atoms with Crippen LogP contribution < -0.4 is 15.5 Å². The van der Waals surface area contributed by atoms with E-state index >= 15 is 0 Å². The highest BCUT2D eigenvalue weighted by molar-refractivity contribution is 6.33. The maximum atomic E-state index is 11.9. The molecule has 0 unspecified atom stereocenters. The third-order valence-electron chi connectivity index (χ3n) is 3.57. The van der Waals surface area contributed by atoms with E-state index in [9.17, 15) is 14.4 Å². The highest BCUT2D eigenvalue weighted by Gasteiger charge is 2.08. The number of amides is 2. The van der Waals surface area contributed by atoms with Gasteiger partial charge in [-0.1, -0.05) is 35.9 Å². The van der Waals surface area contributed by atoms with Crippen LogP contribution in [0.5, 0.6) is 5.75 Å². The van der Waals surface area contributed by atoms with Crippen molar-refractivity contribution in [2.75, 3.05) is 19.0 Å². The van der Waals surface area contributed by atoms with Crippen molar-refractivity contribution in [1.29, 1.82) is 0 Å². The number of hydrogen-bond donors (Lipinski definition) is 2. The van der Waals surface area contributed by atoms with Gasteiger partial charge in [-0.05, 0) is 29.8 Å². The van der Waals surface area contributed by atoms with Gasteiger partial charge in [0.1, 0.15) is 5.75 Å². The lowest BCUT2D eigenvalue weighted by molar-refractivity contribution is -0.142. The van der Waals surface area contributed by atoms with E-state index in [1.54, 1.807) is 48.5 Å². The molecule has 8 nitrogen and oxygen atoms in total. The summed E-state index contributed by atoms with van der Waals surface area (Å²) in [7, 11) is 1.28. The van der Waals surface area contributed by atoms with Crippen LogP contribution in [0.2, 0.25) is 5.02 Å². The van der Waals surface area contributed by atoms with Gasteiger partial charge in [0, 0.05) is 12.8 Å². The summed E-state index contributed by atoms with van der Waals surface area (Å²) < 4.78 is 9.77. The van der Waals surface area contributed by atoms with Gasteiger partial charge in [-0.15, -0.1) is 0 Å². The molecule has 2 aromatic rings. The zero-order valence-corrected chi connectivity index (χ0v) is 16.4. The Morgan fingerprint density at radius 1 is 1.07 bits per heavy atom. The second-order valence-electron chi connectivity index (χ2n) is 5.76. The molecule has 0 bridgehead atoms. The molecular formula is C20H20ClN3O5. The van der Waals surface area contributed by atoms with E-state index < -0.39 is 11.9 Å². The zero-order chi connectivity index (χ0) is 21.1. The van der Waals surface area contributed by atoms with Crippen molar-refractivity contribution in [3.8, 4) is 5.75 Å². The number of nitrogens with zero attached hydrogens (tertiary/aromatic N) is 1. The van der Waals surface area contributed by atoms with Crippen LogP contribution in [0.25, 0.3) is 0 Å². The molecule has 2 aromatic carbocycles. The molecule has 2 N–H and O–H groups in total. The summed E-state index contributed by atoms with van der Waals surface area (Å²) in [4.78, 5) is 34.8. The van der Waals surface area contributed by atoms with Crippen molar-refractivity contribution < 1.29 is 23.9 Å². The molecule has 0 aliphatic heterocycles. The highest BCUT2D eigenvalue weighted by Crippen LogP contribution is 2.20. The average Bonchev–Trinajstić information content (AvgIpc) is 2.72. The molecular weight excluding hydrogens is 398 g/mol. The van der Waals surface area contributed by atoms with E-state index in [0.717, 1.165) is 0 Å². The predicted molar refractivity (Wildman–Crippen MR) is 109 cm³/mol. The molecule has 9 heteroatoms. The number of anilines is 1. The number of hydrazone groups is 1. The number of para-hydroxylation sites is 1. The monoisotopic (exact) mass is 417 g/mol. The zero-order valence-electron chi connectivity index (χ0n) is 15.7. The number of methoxy groups -OCH3 is 1. The van der Waals surface area contributed by atoms with E-state index in [1.165, 1.54) is 13.3 Å². The molecule has 0 spiro atoms. The molecule has 2 rings (SSSR count). The van der Waals surface area contributed by atoms with Crippen molar-refractivity contribution in [3.05, 3.63) is 59.1 Å². The fourth-order valence-electron chi connectivity index (χ4n) is 2.12. The number of carbonyl (C=O) groups is 3. The van der Waals surface area contributed by atoms with Crippen molar-refractivity contribution >= 4 is 41.3 Å². The smallest absolute Gasteiger partial charge is 0.343 e. The van der Waals surface area contributed by atoms with Gasteiger partial charge in [-0.25, -0.2) is 10.2 Å². The number of esters is 1. The second kappa shape index (κ2) is 11.5. The molecule has 0 aromatic heterocycles. The SMILES string of the molecule is COC(=O)COc1cccc(C=NNC(=O)CCC(=O)Nc2ccccc2Cl)c1. The Morgan fingerprint density at radius 2 is 1.83 bits per heavy atom. The van der Waals surface area contributed by atoms with Crippen LogP contribution in [-0.4, -0.2) is 37.7 Å². The van der Waals surface area contributed by atoms with Crippen LogP contribution in [0.3, 0.4) is 0 Å². The van der Waals surface area contributed by atoms with Crippen LogP contribution >= 0.6 is 11.6 Å². The fourth-order valence-corrected chi connectivity index (χ4v) is 2.31. The highest BCUT2D eigenvalue weighted by atomic mass is 35.5. The van der Waals surface area contributed by atoms with Crippen molar-refractivity contribution in [2.45, 2.75) is 12.8 Å². The molecule has 0 aliphatic rings. The Morgan fingerprint density at radius 3 is 2.59 bits per heavy atom. The summed E-state index contributed by atoms with van der Waals surface area (Å²) >= 11 is 5.97. The minimum atomic E-state index is -0.491. The van der Waals surface area contributed by atoms with Gasteiger partial charge in [0.05, 0.1) is 24.0 Å². The summed E-state index contributed by atoms with van der Waals surface area (Å²) in [6.45, 7) is -0.204. The van der Waals surface area contributed by atoms with Gasteiger partial charge in [-0.3, -0.25) is 9.59 Å². The molecule has 0 atom stereocenters. The molecule has 0 radical (unpaired) electrons. The van der Waals surface area contributed by atoms with Gasteiger partial charge in [0.2, 0.25) is 11.8 Å². The Labute approximate surface area is 172 Å². The van der Waals surface area contributed by atoms with Crippen molar-refractivity contribution in [2.24, 2.45) is 5.10 Å². The number of nitrogens with one attached hydrogen (secondary N) is 2. The van der Waals surface area contributed by atoms with E-state index in [1.807, 2.05) is 0 Å². The Kier molecular flexibility index (Phi) is 8.65. The maximum absolute atomic E-state index is 11.9. The number of rotatable bonds is 9. The van der Waals surface area contributed by atoms with Crippen LogP contribution in [0.1, 0.15) is 18.4 Å². The van der Waals surface area contributed by atoms with Crippen molar-refractivity contribution in [3.63, 3.8) is 0 Å². The molecule has 2 amide bonds. The fraction of sp³-hybridized carbons (Fsp3) is 0.200. The van der Waals surface area contributed by atoms with E-state index in [2.05, 4.69) is 20.6 Å². The first-order valence-electron chi connectivity index (χ1n) is 8.64. The standard InChI is InChI=1S/C20H20ClN3O5/c1-28-20(27)13-29-15-6-4-5-14(11-15)12-22-24-19(26)10-9-18(25)23-17-8-3-2-7-16(17)21/h2-8,11-12H,9-10,13H2,1H3,(H,23,25)(H,24,26). The Bertz CT molecular complexity index is 901. The third kappa shape index (κ3) is 8.02. The molecule has 29 heavy (non-hydrogen) atoms. The first-order valence-corrected chi connectivity index (χ1v) is 9.01. The normalized spacial score (nSPS) is 10.4. The van der Waals surface area contributed by atoms with Crippen LogP contribution in [-0.2, 0) is 19.1 Å². The van der Waals surface area contributed by atoms with E-state index in [4.69, 9.17) is 16.3 Å². The average molecular weight is 418 g/mol. The van der Waals surface area contributed by atoms with E-state index in [0.29, 0.717) is 22.0 Å². The van der Waals surface area contributed by atoms with E-state index in [-0.39, 0.29) is 25.4 Å². The summed E-state index contributed by atoms with van der Waals surface area (Å²) in [5.74, 6) is -0.766. The molecule has 152 valence electrons. The van der Waals surface area contributed by atoms with Crippen LogP contribution in [0.15, 0.2) is 53.6 Å². The quantitative estimate of drug-likeness (QED) is 0.370.